The molecule has 2 saturated heterocycles. The van der Waals surface area contributed by atoms with Crippen LogP contribution in [-0.2, 0) is 14.3 Å². The first kappa shape index (κ1) is 16.8. The van der Waals surface area contributed by atoms with E-state index in [0.29, 0.717) is 17.3 Å². The third-order valence-corrected chi connectivity index (χ3v) is 7.18. The minimum Gasteiger partial charge on any atom is -0.462 e. The minimum atomic E-state index is 0.0235. The van der Waals surface area contributed by atoms with E-state index < -0.39 is 0 Å². The molecule has 4 rings (SSSR count). The number of rotatable bonds is 5. The number of nitrogens with one attached hydrogen (secondary N) is 1. The number of epoxide rings is 1. The summed E-state index contributed by atoms with van der Waals surface area (Å²) in [4.78, 5) is 14.6. The van der Waals surface area contributed by atoms with Crippen molar-refractivity contribution in [2.75, 3.05) is 40.3 Å². The molecule has 2 aliphatic heterocycles. The molecule has 4 fully saturated rings. The lowest BCUT2D eigenvalue weighted by Crippen LogP contribution is -2.51. The summed E-state index contributed by atoms with van der Waals surface area (Å²) in [6, 6.07) is 0. The van der Waals surface area contributed by atoms with Gasteiger partial charge in [-0.15, -0.1) is 0 Å². The number of carbonyl (C=O) groups excluding carboxylic acids is 1. The van der Waals surface area contributed by atoms with Crippen LogP contribution in [0.5, 0.6) is 0 Å². The monoisotopic (exact) mass is 336 g/mol. The summed E-state index contributed by atoms with van der Waals surface area (Å²) in [6.07, 6.45) is 6.00. The van der Waals surface area contributed by atoms with Crippen LogP contribution >= 0.6 is 0 Å². The molecule has 0 aromatic carbocycles. The van der Waals surface area contributed by atoms with E-state index >= 15 is 0 Å². The van der Waals surface area contributed by atoms with Crippen molar-refractivity contribution in [1.29, 1.82) is 0 Å². The average molecular weight is 336 g/mol. The van der Waals surface area contributed by atoms with E-state index in [4.69, 9.17) is 9.47 Å². The van der Waals surface area contributed by atoms with Gasteiger partial charge in [0.2, 0.25) is 0 Å². The maximum absolute atomic E-state index is 12.5. The molecule has 1 N–H and O–H groups in total. The Morgan fingerprint density at radius 3 is 2.83 bits per heavy atom. The highest BCUT2D eigenvalue weighted by Crippen LogP contribution is 2.62. The number of nitrogens with zero attached hydrogens (tertiary/aromatic N) is 1. The minimum absolute atomic E-state index is 0.0235. The van der Waals surface area contributed by atoms with Crippen LogP contribution in [0.25, 0.3) is 0 Å². The van der Waals surface area contributed by atoms with Crippen molar-refractivity contribution in [3.63, 3.8) is 0 Å². The lowest BCUT2D eigenvalue weighted by Gasteiger charge is -2.51. The van der Waals surface area contributed by atoms with Crippen LogP contribution in [0.4, 0.5) is 0 Å². The molecular weight excluding hydrogens is 304 g/mol. The van der Waals surface area contributed by atoms with Crippen molar-refractivity contribution < 1.29 is 14.3 Å². The number of likely N-dealkylation sites (N-methyl/N-ethyl adjacent to an activating group) is 1. The number of hydrogen-bond acceptors (Lipinski definition) is 5. The number of carbonyl (C=O) groups is 1. The normalized spacial score (nSPS) is 46.8. The second kappa shape index (κ2) is 5.96. The van der Waals surface area contributed by atoms with E-state index in [1.807, 2.05) is 0 Å². The molecule has 2 aliphatic carbocycles. The highest BCUT2D eigenvalue weighted by Gasteiger charge is 2.64. The van der Waals surface area contributed by atoms with Crippen molar-refractivity contribution in [2.24, 2.45) is 23.2 Å². The Kier molecular flexibility index (Phi) is 4.17. The second-order valence-electron chi connectivity index (χ2n) is 9.11. The third-order valence-electron chi connectivity index (χ3n) is 7.18. The lowest BCUT2D eigenvalue weighted by atomic mass is 9.53. The van der Waals surface area contributed by atoms with Gasteiger partial charge in [-0.2, -0.15) is 0 Å². The van der Waals surface area contributed by atoms with Gasteiger partial charge >= 0.3 is 5.97 Å². The molecule has 5 nitrogen and oxygen atoms in total. The van der Waals surface area contributed by atoms with E-state index in [-0.39, 0.29) is 23.6 Å². The smallest absolute Gasteiger partial charge is 0.310 e. The molecular formula is C19H32N2O3. The summed E-state index contributed by atoms with van der Waals surface area (Å²) >= 11 is 0. The molecule has 5 heteroatoms. The summed E-state index contributed by atoms with van der Waals surface area (Å²) in [5.41, 5.74) is 0.440. The second-order valence-corrected chi connectivity index (χ2v) is 9.11. The zero-order valence-corrected chi connectivity index (χ0v) is 15.3. The first-order valence-corrected chi connectivity index (χ1v) is 9.63. The summed E-state index contributed by atoms with van der Waals surface area (Å²) in [5, 5.41) is 3.47. The maximum atomic E-state index is 12.5. The van der Waals surface area contributed by atoms with Crippen LogP contribution in [0.2, 0.25) is 0 Å². The van der Waals surface area contributed by atoms with Crippen molar-refractivity contribution >= 4 is 5.97 Å². The van der Waals surface area contributed by atoms with Gasteiger partial charge < -0.3 is 19.7 Å². The van der Waals surface area contributed by atoms with Crippen molar-refractivity contribution in [1.82, 2.24) is 10.2 Å². The van der Waals surface area contributed by atoms with E-state index in [1.54, 1.807) is 0 Å². The fourth-order valence-corrected chi connectivity index (χ4v) is 5.75. The first-order valence-electron chi connectivity index (χ1n) is 9.63. The molecule has 0 radical (unpaired) electrons. The van der Waals surface area contributed by atoms with Gasteiger partial charge in [-0.1, -0.05) is 6.92 Å². The standard InChI is InChI=1S/C19H32N2O3/c1-18-5-4-6-19(12-23-19)16(18)9-13-14(11-20-7-8-21(2)3)17(22)24-15(13)10-18/h13-16,20H,4-12H2,1-3H3. The van der Waals surface area contributed by atoms with Crippen molar-refractivity contribution in [3.05, 3.63) is 0 Å². The summed E-state index contributed by atoms with van der Waals surface area (Å²) < 4.78 is 11.8. The molecule has 0 aromatic rings. The molecule has 2 saturated carbocycles. The van der Waals surface area contributed by atoms with Crippen LogP contribution in [0.15, 0.2) is 0 Å². The Morgan fingerprint density at radius 1 is 1.33 bits per heavy atom. The summed E-state index contributed by atoms with van der Waals surface area (Å²) in [6.45, 7) is 6.01. The molecule has 4 aliphatic rings. The molecule has 0 amide bonds. The Balaban J connectivity index is 1.43. The SMILES string of the molecule is CN(C)CCNCC1C(=O)OC2CC3(C)CCCC4(CO4)C3CC21. The van der Waals surface area contributed by atoms with Crippen molar-refractivity contribution in [2.45, 2.75) is 50.7 Å². The Morgan fingerprint density at radius 2 is 2.12 bits per heavy atom. The van der Waals surface area contributed by atoms with Gasteiger partial charge in [-0.25, -0.2) is 0 Å². The van der Waals surface area contributed by atoms with Gasteiger partial charge in [0.05, 0.1) is 18.1 Å². The number of ether oxygens (including phenoxy) is 2. The maximum Gasteiger partial charge on any atom is 0.310 e. The zero-order chi connectivity index (χ0) is 16.9. The van der Waals surface area contributed by atoms with Crippen LogP contribution in [0, 0.1) is 23.2 Å². The van der Waals surface area contributed by atoms with E-state index in [2.05, 4.69) is 31.2 Å². The largest absolute Gasteiger partial charge is 0.462 e. The molecule has 0 aromatic heterocycles. The first-order chi connectivity index (χ1) is 11.4. The highest BCUT2D eigenvalue weighted by molar-refractivity contribution is 5.75. The van der Waals surface area contributed by atoms with Gasteiger partial charge in [0.25, 0.3) is 0 Å². The zero-order valence-electron chi connectivity index (χ0n) is 15.3. The Labute approximate surface area is 145 Å². The van der Waals surface area contributed by atoms with Crippen LogP contribution in [0.1, 0.15) is 39.0 Å². The predicted octanol–water partition coefficient (Wildman–Crippen LogP) is 1.66. The fraction of sp³-hybridized carbons (Fsp3) is 0.947. The van der Waals surface area contributed by atoms with Crippen LogP contribution in [-0.4, -0.2) is 62.9 Å². The lowest BCUT2D eigenvalue weighted by molar-refractivity contribution is -0.147. The molecule has 1 spiro atoms. The summed E-state index contributed by atoms with van der Waals surface area (Å²) in [7, 11) is 4.14. The molecule has 2 heterocycles. The Hall–Kier alpha value is -0.650. The van der Waals surface area contributed by atoms with Gasteiger partial charge in [0.1, 0.15) is 6.10 Å². The topological polar surface area (TPSA) is 54.1 Å². The fourth-order valence-electron chi connectivity index (χ4n) is 5.75. The molecule has 24 heavy (non-hydrogen) atoms. The molecule has 0 bridgehead atoms. The van der Waals surface area contributed by atoms with Crippen LogP contribution < -0.4 is 5.32 Å². The molecule has 6 atom stereocenters. The quantitative estimate of drug-likeness (QED) is 0.470. The van der Waals surface area contributed by atoms with Gasteiger partial charge in [0.15, 0.2) is 0 Å². The van der Waals surface area contributed by atoms with E-state index in [0.717, 1.165) is 39.1 Å². The van der Waals surface area contributed by atoms with Crippen LogP contribution in [0.3, 0.4) is 0 Å². The number of hydrogen-bond donors (Lipinski definition) is 1. The van der Waals surface area contributed by atoms with E-state index in [1.165, 1.54) is 19.3 Å². The van der Waals surface area contributed by atoms with Crippen molar-refractivity contribution in [3.8, 4) is 0 Å². The predicted molar refractivity (Wildman–Crippen MR) is 91.6 cm³/mol. The number of fused-ring (bicyclic) bond motifs is 3. The van der Waals surface area contributed by atoms with Gasteiger partial charge in [-0.05, 0) is 57.5 Å². The summed E-state index contributed by atoms with van der Waals surface area (Å²) in [5.74, 6) is 1.04. The van der Waals surface area contributed by atoms with E-state index in [9.17, 15) is 4.79 Å². The third kappa shape index (κ3) is 2.78. The average Bonchev–Trinajstić information content (AvgIpc) is 3.20. The number of esters is 1. The molecule has 136 valence electrons. The van der Waals surface area contributed by atoms with Gasteiger partial charge in [-0.3, -0.25) is 4.79 Å². The van der Waals surface area contributed by atoms with Gasteiger partial charge in [0, 0.05) is 25.6 Å². The Bertz CT molecular complexity index is 505. The molecule has 6 unspecified atom stereocenters. The highest BCUT2D eigenvalue weighted by atomic mass is 16.6.